The van der Waals surface area contributed by atoms with Crippen molar-refractivity contribution in [3.8, 4) is 0 Å². The van der Waals surface area contributed by atoms with E-state index in [9.17, 15) is 13.9 Å². The maximum Gasteiger partial charge on any atom is 0.126 e. The summed E-state index contributed by atoms with van der Waals surface area (Å²) in [4.78, 5) is 0. The van der Waals surface area contributed by atoms with Crippen LogP contribution in [0, 0.1) is 11.6 Å². The molecule has 1 heterocycles. The molecule has 0 aliphatic carbocycles. The molecule has 0 saturated carbocycles. The molecule has 1 N–H and O–H groups in total. The van der Waals surface area contributed by atoms with E-state index in [0.717, 1.165) is 11.8 Å². The molecule has 2 rings (SSSR count). The fourth-order valence-electron chi connectivity index (χ4n) is 1.60. The predicted octanol–water partition coefficient (Wildman–Crippen LogP) is 2.29. The average Bonchev–Trinajstić information content (AvgIpc) is 2.52. The molecule has 1 unspecified atom stereocenters. The highest BCUT2D eigenvalue weighted by molar-refractivity contribution is 7.99. The van der Waals surface area contributed by atoms with E-state index in [-0.39, 0.29) is 0 Å². The molecule has 14 heavy (non-hydrogen) atoms. The molecule has 1 saturated heterocycles. The Hall–Kier alpha value is -0.610. The second-order valence-electron chi connectivity index (χ2n) is 3.49. The van der Waals surface area contributed by atoms with Gasteiger partial charge in [0, 0.05) is 11.8 Å². The molecule has 1 aliphatic rings. The first-order valence-electron chi connectivity index (χ1n) is 4.37. The van der Waals surface area contributed by atoms with Gasteiger partial charge in [-0.2, -0.15) is 11.8 Å². The van der Waals surface area contributed by atoms with Crippen molar-refractivity contribution >= 4 is 11.8 Å². The Morgan fingerprint density at radius 3 is 2.36 bits per heavy atom. The molecule has 1 aromatic rings. The van der Waals surface area contributed by atoms with Gasteiger partial charge in [0.2, 0.25) is 0 Å². The lowest BCUT2D eigenvalue weighted by atomic mass is 9.93. The number of aliphatic hydroxyl groups is 1. The van der Waals surface area contributed by atoms with E-state index in [0.29, 0.717) is 17.7 Å². The van der Waals surface area contributed by atoms with Crippen molar-refractivity contribution in [2.75, 3.05) is 11.5 Å². The van der Waals surface area contributed by atoms with E-state index in [1.807, 2.05) is 0 Å². The standard InChI is InChI=1S/C10H10F2OS/c11-8-3-7(4-9(12)5-8)10(13)1-2-14-6-10/h3-5,13H,1-2,6H2. The Balaban J connectivity index is 2.40. The minimum Gasteiger partial charge on any atom is -0.384 e. The lowest BCUT2D eigenvalue weighted by molar-refractivity contribution is 0.0650. The predicted molar refractivity (Wildman–Crippen MR) is 52.2 cm³/mol. The van der Waals surface area contributed by atoms with Crippen molar-refractivity contribution in [3.05, 3.63) is 35.4 Å². The van der Waals surface area contributed by atoms with Crippen molar-refractivity contribution in [1.82, 2.24) is 0 Å². The maximum absolute atomic E-state index is 12.9. The van der Waals surface area contributed by atoms with Crippen molar-refractivity contribution in [1.29, 1.82) is 0 Å². The Labute approximate surface area is 85.1 Å². The van der Waals surface area contributed by atoms with E-state index in [4.69, 9.17) is 0 Å². The minimum absolute atomic E-state index is 0.347. The Morgan fingerprint density at radius 2 is 1.86 bits per heavy atom. The highest BCUT2D eigenvalue weighted by Gasteiger charge is 2.34. The van der Waals surface area contributed by atoms with E-state index < -0.39 is 17.2 Å². The third-order valence-corrected chi connectivity index (χ3v) is 3.58. The largest absolute Gasteiger partial charge is 0.384 e. The van der Waals surface area contributed by atoms with Crippen molar-refractivity contribution in [2.45, 2.75) is 12.0 Å². The van der Waals surface area contributed by atoms with Crippen LogP contribution in [0.4, 0.5) is 8.78 Å². The smallest absolute Gasteiger partial charge is 0.126 e. The van der Waals surface area contributed by atoms with Crippen LogP contribution in [-0.2, 0) is 5.60 Å². The first kappa shape index (κ1) is 9.93. The highest BCUT2D eigenvalue weighted by atomic mass is 32.2. The summed E-state index contributed by atoms with van der Waals surface area (Å²) >= 11 is 1.59. The Bertz CT molecular complexity index is 328. The van der Waals surface area contributed by atoms with Gasteiger partial charge in [-0.15, -0.1) is 0 Å². The first-order chi connectivity index (χ1) is 6.60. The lowest BCUT2D eigenvalue weighted by Gasteiger charge is -2.21. The molecule has 4 heteroatoms. The highest BCUT2D eigenvalue weighted by Crippen LogP contribution is 2.36. The van der Waals surface area contributed by atoms with E-state index in [2.05, 4.69) is 0 Å². The van der Waals surface area contributed by atoms with Crippen LogP contribution in [0.1, 0.15) is 12.0 Å². The van der Waals surface area contributed by atoms with Gasteiger partial charge >= 0.3 is 0 Å². The van der Waals surface area contributed by atoms with Crippen molar-refractivity contribution in [2.24, 2.45) is 0 Å². The summed E-state index contributed by atoms with van der Waals surface area (Å²) in [6, 6.07) is 3.22. The topological polar surface area (TPSA) is 20.2 Å². The zero-order valence-electron chi connectivity index (χ0n) is 7.46. The van der Waals surface area contributed by atoms with Crippen LogP contribution in [0.25, 0.3) is 0 Å². The van der Waals surface area contributed by atoms with Crippen molar-refractivity contribution < 1.29 is 13.9 Å². The molecule has 0 spiro atoms. The van der Waals surface area contributed by atoms with Gasteiger partial charge in [-0.05, 0) is 29.9 Å². The third kappa shape index (κ3) is 1.77. The number of rotatable bonds is 1. The van der Waals surface area contributed by atoms with Gasteiger partial charge < -0.3 is 5.11 Å². The minimum atomic E-state index is -1.05. The molecule has 76 valence electrons. The molecule has 0 aromatic heterocycles. The first-order valence-corrected chi connectivity index (χ1v) is 5.52. The summed E-state index contributed by atoms with van der Waals surface area (Å²) in [5, 5.41) is 10.1. The molecule has 0 radical (unpaired) electrons. The molecular formula is C10H10F2OS. The van der Waals surface area contributed by atoms with Crippen LogP contribution in [0.2, 0.25) is 0 Å². The monoisotopic (exact) mass is 216 g/mol. The molecule has 0 bridgehead atoms. The lowest BCUT2D eigenvalue weighted by Crippen LogP contribution is -2.25. The number of hydrogen-bond donors (Lipinski definition) is 1. The van der Waals surface area contributed by atoms with Crippen LogP contribution in [-0.4, -0.2) is 16.6 Å². The maximum atomic E-state index is 12.9. The van der Waals surface area contributed by atoms with Crippen LogP contribution in [0.5, 0.6) is 0 Å². The van der Waals surface area contributed by atoms with Crippen LogP contribution >= 0.6 is 11.8 Å². The van der Waals surface area contributed by atoms with Gasteiger partial charge in [0.05, 0.1) is 5.60 Å². The SMILES string of the molecule is OC1(c2cc(F)cc(F)c2)CCSC1. The van der Waals surface area contributed by atoms with Gasteiger partial charge in [0.1, 0.15) is 11.6 Å². The van der Waals surface area contributed by atoms with E-state index in [1.165, 1.54) is 12.1 Å². The summed E-state index contributed by atoms with van der Waals surface area (Å²) in [6.07, 6.45) is 0.556. The number of thioether (sulfide) groups is 1. The number of halogens is 2. The normalized spacial score (nSPS) is 26.8. The summed E-state index contributed by atoms with van der Waals surface area (Å²) < 4.78 is 25.8. The molecule has 1 nitrogen and oxygen atoms in total. The summed E-state index contributed by atoms with van der Waals surface area (Å²) in [5.74, 6) is 0.0699. The number of benzene rings is 1. The molecule has 1 aromatic carbocycles. The van der Waals surface area contributed by atoms with E-state index >= 15 is 0 Å². The quantitative estimate of drug-likeness (QED) is 0.777. The van der Waals surface area contributed by atoms with Crippen LogP contribution < -0.4 is 0 Å². The van der Waals surface area contributed by atoms with Crippen LogP contribution in [0.15, 0.2) is 18.2 Å². The second-order valence-corrected chi connectivity index (χ2v) is 4.60. The zero-order valence-corrected chi connectivity index (χ0v) is 8.28. The molecule has 1 aliphatic heterocycles. The fourth-order valence-corrected chi connectivity index (χ4v) is 2.88. The average molecular weight is 216 g/mol. The fraction of sp³-hybridized carbons (Fsp3) is 0.400. The zero-order chi connectivity index (χ0) is 10.2. The third-order valence-electron chi connectivity index (χ3n) is 2.40. The molecule has 1 fully saturated rings. The van der Waals surface area contributed by atoms with E-state index in [1.54, 1.807) is 11.8 Å². The summed E-state index contributed by atoms with van der Waals surface area (Å²) in [5.41, 5.74) is -0.701. The Kier molecular flexibility index (Phi) is 2.49. The molecule has 1 atom stereocenters. The van der Waals surface area contributed by atoms with Gasteiger partial charge in [-0.1, -0.05) is 0 Å². The van der Waals surface area contributed by atoms with Crippen LogP contribution in [0.3, 0.4) is 0 Å². The number of hydrogen-bond acceptors (Lipinski definition) is 2. The van der Waals surface area contributed by atoms with Gasteiger partial charge in [-0.25, -0.2) is 8.78 Å². The van der Waals surface area contributed by atoms with Gasteiger partial charge in [0.15, 0.2) is 0 Å². The summed E-state index contributed by atoms with van der Waals surface area (Å²) in [6.45, 7) is 0. The second kappa shape index (κ2) is 3.51. The van der Waals surface area contributed by atoms with Gasteiger partial charge in [0.25, 0.3) is 0 Å². The summed E-state index contributed by atoms with van der Waals surface area (Å²) in [7, 11) is 0. The van der Waals surface area contributed by atoms with Crippen molar-refractivity contribution in [3.63, 3.8) is 0 Å². The Morgan fingerprint density at radius 1 is 1.21 bits per heavy atom. The van der Waals surface area contributed by atoms with Gasteiger partial charge in [-0.3, -0.25) is 0 Å². The molecular weight excluding hydrogens is 206 g/mol. The molecule has 0 amide bonds.